The van der Waals surface area contributed by atoms with E-state index in [1.807, 2.05) is 0 Å². The van der Waals surface area contributed by atoms with E-state index in [0.717, 1.165) is 25.7 Å². The Morgan fingerprint density at radius 2 is 2.25 bits per heavy atom. The van der Waals surface area contributed by atoms with Gasteiger partial charge in [-0.25, -0.2) is 0 Å². The van der Waals surface area contributed by atoms with Gasteiger partial charge in [0.05, 0.1) is 0 Å². The Hall–Kier alpha value is -0.330. The first kappa shape index (κ1) is 9.76. The number of carbonyl (C=O) groups is 1. The van der Waals surface area contributed by atoms with Crippen LogP contribution in [0.4, 0.5) is 0 Å². The molecule has 1 saturated carbocycles. The summed E-state index contributed by atoms with van der Waals surface area (Å²) in [6, 6.07) is 0. The molecule has 1 rings (SSSR count). The first-order valence-corrected chi connectivity index (χ1v) is 5.14. The predicted octanol–water partition coefficient (Wildman–Crippen LogP) is 3.18. The lowest BCUT2D eigenvalue weighted by Crippen LogP contribution is -2.36. The van der Waals surface area contributed by atoms with Gasteiger partial charge in [-0.2, -0.15) is 0 Å². The highest BCUT2D eigenvalue weighted by atomic mass is 16.1. The molecule has 0 N–H and O–H groups in total. The van der Waals surface area contributed by atoms with Crippen molar-refractivity contribution in [2.75, 3.05) is 0 Å². The number of ketones is 1. The summed E-state index contributed by atoms with van der Waals surface area (Å²) < 4.78 is 0. The average molecular weight is 168 g/mol. The third kappa shape index (κ3) is 1.70. The Labute approximate surface area is 75.5 Å². The van der Waals surface area contributed by atoms with Gasteiger partial charge in [0, 0.05) is 11.3 Å². The highest BCUT2D eigenvalue weighted by Gasteiger charge is 2.37. The van der Waals surface area contributed by atoms with E-state index in [9.17, 15) is 4.79 Å². The van der Waals surface area contributed by atoms with Crippen LogP contribution in [-0.2, 0) is 4.79 Å². The van der Waals surface area contributed by atoms with Crippen LogP contribution in [-0.4, -0.2) is 5.78 Å². The molecule has 1 aliphatic carbocycles. The summed E-state index contributed by atoms with van der Waals surface area (Å²) >= 11 is 0. The maximum absolute atomic E-state index is 11.8. The van der Waals surface area contributed by atoms with E-state index in [-0.39, 0.29) is 5.41 Å². The molecule has 1 unspecified atom stereocenters. The van der Waals surface area contributed by atoms with Crippen LogP contribution >= 0.6 is 0 Å². The Kier molecular flexibility index (Phi) is 2.92. The van der Waals surface area contributed by atoms with Crippen LogP contribution in [0.3, 0.4) is 0 Å². The van der Waals surface area contributed by atoms with E-state index < -0.39 is 0 Å². The average Bonchev–Trinajstić information content (AvgIpc) is 2.01. The molecule has 70 valence electrons. The molecule has 0 radical (unpaired) electrons. The molecular weight excluding hydrogens is 148 g/mol. The topological polar surface area (TPSA) is 17.1 Å². The van der Waals surface area contributed by atoms with Crippen LogP contribution in [0.1, 0.15) is 52.9 Å². The Balaban J connectivity index is 2.67. The quantitative estimate of drug-likeness (QED) is 0.619. The summed E-state index contributed by atoms with van der Waals surface area (Å²) in [4.78, 5) is 11.8. The second-order valence-corrected chi connectivity index (χ2v) is 4.47. The van der Waals surface area contributed by atoms with Gasteiger partial charge in [0.15, 0.2) is 0 Å². The van der Waals surface area contributed by atoms with Crippen molar-refractivity contribution in [2.24, 2.45) is 11.3 Å². The first-order valence-electron chi connectivity index (χ1n) is 5.14. The first-order chi connectivity index (χ1) is 5.60. The van der Waals surface area contributed by atoms with Gasteiger partial charge in [0.1, 0.15) is 5.78 Å². The molecular formula is C11H20O. The Bertz CT molecular complexity index is 170. The Morgan fingerprint density at radius 1 is 1.58 bits per heavy atom. The van der Waals surface area contributed by atoms with Gasteiger partial charge < -0.3 is 0 Å². The van der Waals surface area contributed by atoms with Gasteiger partial charge in [0.25, 0.3) is 0 Å². The molecule has 0 aromatic carbocycles. The molecule has 1 nitrogen and oxygen atoms in total. The lowest BCUT2D eigenvalue weighted by molar-refractivity contribution is -0.135. The fourth-order valence-electron chi connectivity index (χ4n) is 2.45. The molecule has 12 heavy (non-hydrogen) atoms. The Morgan fingerprint density at radius 3 is 2.83 bits per heavy atom. The standard InChI is InChI=1S/C11H20O/c1-4-7-11(3)8-5-6-9(2)10(11)12/h9H,4-8H2,1-3H3/t9?,11-/m1/s1. The van der Waals surface area contributed by atoms with Crippen LogP contribution in [0.5, 0.6) is 0 Å². The van der Waals surface area contributed by atoms with Gasteiger partial charge in [-0.1, -0.05) is 33.6 Å². The molecule has 0 aliphatic heterocycles. The van der Waals surface area contributed by atoms with Crippen molar-refractivity contribution in [3.8, 4) is 0 Å². The maximum Gasteiger partial charge on any atom is 0.141 e. The molecule has 0 aromatic rings. The predicted molar refractivity (Wildman–Crippen MR) is 51.0 cm³/mol. The fraction of sp³-hybridized carbons (Fsp3) is 0.909. The maximum atomic E-state index is 11.8. The van der Waals surface area contributed by atoms with Crippen molar-refractivity contribution in [2.45, 2.75) is 52.9 Å². The third-order valence-electron chi connectivity index (χ3n) is 3.21. The van der Waals surface area contributed by atoms with Gasteiger partial charge in [0.2, 0.25) is 0 Å². The zero-order chi connectivity index (χ0) is 9.19. The van der Waals surface area contributed by atoms with Gasteiger partial charge in [-0.3, -0.25) is 4.79 Å². The van der Waals surface area contributed by atoms with Crippen LogP contribution in [0.15, 0.2) is 0 Å². The lowest BCUT2D eigenvalue weighted by atomic mass is 9.68. The molecule has 2 atom stereocenters. The van der Waals surface area contributed by atoms with Crippen LogP contribution in [0.25, 0.3) is 0 Å². The summed E-state index contributed by atoms with van der Waals surface area (Å²) in [5.41, 5.74) is 0.0203. The zero-order valence-electron chi connectivity index (χ0n) is 8.52. The third-order valence-corrected chi connectivity index (χ3v) is 3.21. The summed E-state index contributed by atoms with van der Waals surface area (Å²) in [6.07, 6.45) is 5.68. The molecule has 0 bridgehead atoms. The van der Waals surface area contributed by atoms with Crippen LogP contribution < -0.4 is 0 Å². The van der Waals surface area contributed by atoms with Gasteiger partial charge in [-0.15, -0.1) is 0 Å². The summed E-state index contributed by atoms with van der Waals surface area (Å²) in [7, 11) is 0. The smallest absolute Gasteiger partial charge is 0.141 e. The summed E-state index contributed by atoms with van der Waals surface area (Å²) in [5.74, 6) is 0.825. The molecule has 0 heterocycles. The highest BCUT2D eigenvalue weighted by molar-refractivity contribution is 5.87. The molecule has 0 amide bonds. The number of hydrogen-bond acceptors (Lipinski definition) is 1. The van der Waals surface area contributed by atoms with E-state index in [0.29, 0.717) is 11.7 Å². The lowest BCUT2D eigenvalue weighted by Gasteiger charge is -2.35. The second-order valence-electron chi connectivity index (χ2n) is 4.47. The normalized spacial score (nSPS) is 36.9. The molecule has 0 aromatic heterocycles. The molecule has 0 spiro atoms. The largest absolute Gasteiger partial charge is 0.299 e. The number of hydrogen-bond donors (Lipinski definition) is 0. The van der Waals surface area contributed by atoms with E-state index in [4.69, 9.17) is 0 Å². The van der Waals surface area contributed by atoms with Crippen molar-refractivity contribution < 1.29 is 4.79 Å². The minimum absolute atomic E-state index is 0.0203. The van der Waals surface area contributed by atoms with Crippen LogP contribution in [0.2, 0.25) is 0 Å². The van der Waals surface area contributed by atoms with E-state index in [1.54, 1.807) is 0 Å². The monoisotopic (exact) mass is 168 g/mol. The van der Waals surface area contributed by atoms with Gasteiger partial charge in [-0.05, 0) is 19.3 Å². The zero-order valence-corrected chi connectivity index (χ0v) is 8.52. The second kappa shape index (κ2) is 3.59. The van der Waals surface area contributed by atoms with E-state index >= 15 is 0 Å². The number of Topliss-reactive ketones (excluding diaryl/α,β-unsaturated/α-hetero) is 1. The SMILES string of the molecule is CCC[C@]1(C)CCCC(C)C1=O. The minimum Gasteiger partial charge on any atom is -0.299 e. The summed E-state index contributed by atoms with van der Waals surface area (Å²) in [5, 5.41) is 0. The fourth-order valence-corrected chi connectivity index (χ4v) is 2.45. The number of rotatable bonds is 2. The number of carbonyl (C=O) groups excluding carboxylic acids is 1. The minimum atomic E-state index is 0.0203. The molecule has 0 saturated heterocycles. The summed E-state index contributed by atoms with van der Waals surface area (Å²) in [6.45, 7) is 6.39. The molecule has 1 heteroatoms. The molecule has 1 fully saturated rings. The highest BCUT2D eigenvalue weighted by Crippen LogP contribution is 2.39. The van der Waals surface area contributed by atoms with Crippen LogP contribution in [0, 0.1) is 11.3 Å². The van der Waals surface area contributed by atoms with Crippen molar-refractivity contribution in [1.82, 2.24) is 0 Å². The van der Waals surface area contributed by atoms with E-state index in [2.05, 4.69) is 20.8 Å². The van der Waals surface area contributed by atoms with Crippen molar-refractivity contribution in [3.05, 3.63) is 0 Å². The van der Waals surface area contributed by atoms with E-state index in [1.165, 1.54) is 6.42 Å². The molecule has 1 aliphatic rings. The van der Waals surface area contributed by atoms with Crippen molar-refractivity contribution in [1.29, 1.82) is 0 Å². The van der Waals surface area contributed by atoms with Crippen molar-refractivity contribution >= 4 is 5.78 Å². The van der Waals surface area contributed by atoms with Gasteiger partial charge >= 0.3 is 0 Å². The van der Waals surface area contributed by atoms with Crippen molar-refractivity contribution in [3.63, 3.8) is 0 Å².